The van der Waals surface area contributed by atoms with Crippen molar-refractivity contribution in [2.75, 3.05) is 7.11 Å². The molecule has 150 valence electrons. The number of imide groups is 1. The first-order valence-electron chi connectivity index (χ1n) is 9.09. The number of benzene rings is 1. The number of esters is 1. The van der Waals surface area contributed by atoms with Gasteiger partial charge in [-0.05, 0) is 43.4 Å². The second-order valence-corrected chi connectivity index (χ2v) is 7.59. The van der Waals surface area contributed by atoms with Crippen molar-refractivity contribution in [2.45, 2.75) is 43.7 Å². The van der Waals surface area contributed by atoms with Crippen molar-refractivity contribution < 1.29 is 23.9 Å². The van der Waals surface area contributed by atoms with E-state index in [0.717, 1.165) is 5.56 Å². The van der Waals surface area contributed by atoms with Gasteiger partial charge in [0.05, 0.1) is 19.6 Å². The molecule has 3 rings (SSSR count). The highest BCUT2D eigenvalue weighted by Crippen LogP contribution is 2.34. The molecule has 1 heterocycles. The van der Waals surface area contributed by atoms with E-state index in [0.29, 0.717) is 30.7 Å². The summed E-state index contributed by atoms with van der Waals surface area (Å²) in [7, 11) is 1.30. The molecule has 1 unspecified atom stereocenters. The molecular formula is C19H22ClN3O5. The lowest BCUT2D eigenvalue weighted by molar-refractivity contribution is -0.141. The second-order valence-electron chi connectivity index (χ2n) is 7.16. The molecule has 1 saturated carbocycles. The summed E-state index contributed by atoms with van der Waals surface area (Å²) in [5.74, 6) is -1.26. The maximum absolute atomic E-state index is 12.8. The molecular weight excluding hydrogens is 386 g/mol. The third-order valence-electron chi connectivity index (χ3n) is 5.41. The molecule has 0 radical (unpaired) electrons. The summed E-state index contributed by atoms with van der Waals surface area (Å²) in [6.45, 7) is 0. The number of ether oxygens (including phenoxy) is 1. The van der Waals surface area contributed by atoms with Gasteiger partial charge in [-0.3, -0.25) is 19.7 Å². The van der Waals surface area contributed by atoms with Gasteiger partial charge in [0, 0.05) is 10.9 Å². The van der Waals surface area contributed by atoms with E-state index in [4.69, 9.17) is 16.3 Å². The average Bonchev–Trinajstić information content (AvgIpc) is 2.95. The summed E-state index contributed by atoms with van der Waals surface area (Å²) < 4.78 is 4.74. The number of amides is 4. The molecule has 4 amide bonds. The van der Waals surface area contributed by atoms with Crippen LogP contribution in [0.25, 0.3) is 0 Å². The van der Waals surface area contributed by atoms with Gasteiger partial charge in [0.2, 0.25) is 5.91 Å². The number of halogens is 1. The van der Waals surface area contributed by atoms with Crippen LogP contribution in [0.15, 0.2) is 24.3 Å². The highest BCUT2D eigenvalue weighted by molar-refractivity contribution is 6.30. The maximum atomic E-state index is 12.8. The first-order chi connectivity index (χ1) is 13.3. The zero-order valence-corrected chi connectivity index (χ0v) is 16.2. The van der Waals surface area contributed by atoms with Crippen LogP contribution in [-0.4, -0.2) is 36.5 Å². The minimum absolute atomic E-state index is 0.000999. The minimum Gasteiger partial charge on any atom is -0.469 e. The summed E-state index contributed by atoms with van der Waals surface area (Å²) in [6, 6.07) is 5.86. The molecule has 2 aliphatic rings. The smallest absolute Gasteiger partial charge is 0.322 e. The largest absolute Gasteiger partial charge is 0.469 e. The number of methoxy groups -OCH3 is 1. The van der Waals surface area contributed by atoms with Gasteiger partial charge in [0.1, 0.15) is 5.54 Å². The maximum Gasteiger partial charge on any atom is 0.322 e. The average molecular weight is 408 g/mol. The molecule has 28 heavy (non-hydrogen) atoms. The number of rotatable bonds is 5. The van der Waals surface area contributed by atoms with Crippen molar-refractivity contribution in [3.63, 3.8) is 0 Å². The van der Waals surface area contributed by atoms with E-state index in [1.807, 2.05) is 0 Å². The number of hydrogen-bond donors (Lipinski definition) is 3. The van der Waals surface area contributed by atoms with Gasteiger partial charge in [-0.1, -0.05) is 23.7 Å². The van der Waals surface area contributed by atoms with E-state index in [1.54, 1.807) is 24.3 Å². The van der Waals surface area contributed by atoms with Crippen LogP contribution in [0, 0.1) is 5.92 Å². The van der Waals surface area contributed by atoms with Crippen molar-refractivity contribution in [3.8, 4) is 0 Å². The van der Waals surface area contributed by atoms with E-state index in [-0.39, 0.29) is 24.2 Å². The quantitative estimate of drug-likeness (QED) is 0.509. The van der Waals surface area contributed by atoms with E-state index in [1.165, 1.54) is 7.11 Å². The standard InChI is InChI=1S/C19H22ClN3O5/c1-28-15(24)10-14(11-2-4-13(20)5-3-11)21-16(25)12-6-8-19(9-7-12)17(26)22-18(27)23-19/h2-5,12,14H,6-10H2,1H3,(H,21,25)(H2,22,23,26,27). The summed E-state index contributed by atoms with van der Waals surface area (Å²) >= 11 is 5.92. The van der Waals surface area contributed by atoms with E-state index in [2.05, 4.69) is 16.0 Å². The topological polar surface area (TPSA) is 114 Å². The molecule has 3 N–H and O–H groups in total. The lowest BCUT2D eigenvalue weighted by Crippen LogP contribution is -2.51. The van der Waals surface area contributed by atoms with Gasteiger partial charge in [0.15, 0.2) is 0 Å². The minimum atomic E-state index is -0.907. The lowest BCUT2D eigenvalue weighted by atomic mass is 9.76. The molecule has 1 atom stereocenters. The van der Waals surface area contributed by atoms with Crippen LogP contribution in [0.2, 0.25) is 5.02 Å². The Labute approximate surface area is 167 Å². The number of urea groups is 1. The Morgan fingerprint density at radius 1 is 1.25 bits per heavy atom. The van der Waals surface area contributed by atoms with Crippen LogP contribution < -0.4 is 16.0 Å². The van der Waals surface area contributed by atoms with E-state index in [9.17, 15) is 19.2 Å². The molecule has 1 aromatic rings. The van der Waals surface area contributed by atoms with Gasteiger partial charge in [-0.15, -0.1) is 0 Å². The number of hydrogen-bond acceptors (Lipinski definition) is 5. The number of carbonyl (C=O) groups is 4. The van der Waals surface area contributed by atoms with Gasteiger partial charge in [0.25, 0.3) is 5.91 Å². The van der Waals surface area contributed by atoms with Crippen molar-refractivity contribution >= 4 is 35.4 Å². The molecule has 1 spiro atoms. The normalized spacial score (nSPS) is 25.0. The van der Waals surface area contributed by atoms with Crippen molar-refractivity contribution in [1.29, 1.82) is 0 Å². The van der Waals surface area contributed by atoms with Crippen LogP contribution in [0.5, 0.6) is 0 Å². The fourth-order valence-corrected chi connectivity index (χ4v) is 3.87. The Morgan fingerprint density at radius 3 is 2.43 bits per heavy atom. The SMILES string of the molecule is COC(=O)CC(NC(=O)C1CCC2(CC1)NC(=O)NC2=O)c1ccc(Cl)cc1. The Balaban J connectivity index is 1.65. The molecule has 9 heteroatoms. The Morgan fingerprint density at radius 2 is 1.89 bits per heavy atom. The van der Waals surface area contributed by atoms with Crippen molar-refractivity contribution in [1.82, 2.24) is 16.0 Å². The fraction of sp³-hybridized carbons (Fsp3) is 0.474. The van der Waals surface area contributed by atoms with E-state index >= 15 is 0 Å². The second kappa shape index (κ2) is 8.18. The van der Waals surface area contributed by atoms with Crippen LogP contribution >= 0.6 is 11.6 Å². The summed E-state index contributed by atoms with van der Waals surface area (Å²) in [6.07, 6.45) is 1.71. The molecule has 8 nitrogen and oxygen atoms in total. The Hall–Kier alpha value is -2.61. The third kappa shape index (κ3) is 4.27. The Kier molecular flexibility index (Phi) is 5.88. The first kappa shape index (κ1) is 20.1. The van der Waals surface area contributed by atoms with Crippen LogP contribution in [0.1, 0.15) is 43.7 Å². The highest BCUT2D eigenvalue weighted by Gasteiger charge is 2.49. The molecule has 2 fully saturated rings. The molecule has 1 aromatic carbocycles. The van der Waals surface area contributed by atoms with Crippen molar-refractivity contribution in [2.24, 2.45) is 5.92 Å². The van der Waals surface area contributed by atoms with E-state index < -0.39 is 23.6 Å². The number of nitrogens with one attached hydrogen (secondary N) is 3. The molecule has 1 saturated heterocycles. The van der Waals surface area contributed by atoms with Crippen molar-refractivity contribution in [3.05, 3.63) is 34.9 Å². The van der Waals surface area contributed by atoms with Crippen LogP contribution in [0.4, 0.5) is 4.79 Å². The highest BCUT2D eigenvalue weighted by atomic mass is 35.5. The third-order valence-corrected chi connectivity index (χ3v) is 5.66. The molecule has 0 bridgehead atoms. The molecule has 1 aliphatic carbocycles. The fourth-order valence-electron chi connectivity index (χ4n) is 3.74. The van der Waals surface area contributed by atoms with Gasteiger partial charge in [-0.25, -0.2) is 4.79 Å². The van der Waals surface area contributed by atoms with Crippen LogP contribution in [0.3, 0.4) is 0 Å². The predicted octanol–water partition coefficient (Wildman–Crippen LogP) is 1.83. The number of carbonyl (C=O) groups excluding carboxylic acids is 4. The lowest BCUT2D eigenvalue weighted by Gasteiger charge is -2.34. The monoisotopic (exact) mass is 407 g/mol. The summed E-state index contributed by atoms with van der Waals surface area (Å²) in [4.78, 5) is 48.0. The summed E-state index contributed by atoms with van der Waals surface area (Å²) in [5, 5.41) is 8.41. The predicted molar refractivity (Wildman–Crippen MR) is 100 cm³/mol. The first-order valence-corrected chi connectivity index (χ1v) is 9.47. The van der Waals surface area contributed by atoms with Gasteiger partial charge >= 0.3 is 12.0 Å². The molecule has 0 aromatic heterocycles. The van der Waals surface area contributed by atoms with Gasteiger partial charge < -0.3 is 15.4 Å². The molecule has 1 aliphatic heterocycles. The summed E-state index contributed by atoms with van der Waals surface area (Å²) in [5.41, 5.74) is -0.159. The zero-order chi connectivity index (χ0) is 20.3. The van der Waals surface area contributed by atoms with Gasteiger partial charge in [-0.2, -0.15) is 0 Å². The zero-order valence-electron chi connectivity index (χ0n) is 15.4. The Bertz CT molecular complexity index is 787. The van der Waals surface area contributed by atoms with Crippen LogP contribution in [-0.2, 0) is 19.1 Å².